The average molecular weight is 697 g/mol. The van der Waals surface area contributed by atoms with Crippen molar-refractivity contribution in [1.82, 2.24) is 4.90 Å². The van der Waals surface area contributed by atoms with Gasteiger partial charge in [0.15, 0.2) is 14.5 Å². The molecule has 13 heteroatoms. The number of fused-ring (bicyclic) bond motifs is 5. The van der Waals surface area contributed by atoms with Gasteiger partial charge in [-0.25, -0.2) is 9.59 Å². The smallest absolute Gasteiger partial charge is 0.411 e. The monoisotopic (exact) mass is 696 g/mol. The first-order chi connectivity index (χ1) is 22.9. The number of piperazine rings is 1. The van der Waals surface area contributed by atoms with E-state index in [1.807, 2.05) is 30.3 Å². The number of esters is 2. The summed E-state index contributed by atoms with van der Waals surface area (Å²) in [4.78, 5) is 56.1. The highest BCUT2D eigenvalue weighted by atomic mass is 28.4. The molecule has 2 unspecified atom stereocenters. The molecule has 3 heterocycles. The van der Waals surface area contributed by atoms with Crippen molar-refractivity contribution >= 4 is 38.3 Å². The Morgan fingerprint density at radius 1 is 1.00 bits per heavy atom. The standard InChI is InChI=1S/C36H48N2O10Si/c1-22(40)47-31-29-28(38(29)33(42)48-34(2,3)4)30-36(19-39,20-44-21-46-49(9,10)35(5,6)7)27-25(37(30)31)16-24(32(41)43-8)17-26(27)45-18-23-14-12-11-13-15-23/h11-17,19,28-31H,18,20-21H2,1-10H3/t28-,29+,30?,31?,36-,38?/m0/s1. The van der Waals surface area contributed by atoms with Crippen LogP contribution in [-0.2, 0) is 45.0 Å². The van der Waals surface area contributed by atoms with Gasteiger partial charge >= 0.3 is 18.0 Å². The zero-order valence-electron chi connectivity index (χ0n) is 30.0. The van der Waals surface area contributed by atoms with Crippen LogP contribution in [0.25, 0.3) is 0 Å². The Morgan fingerprint density at radius 2 is 1.67 bits per heavy atom. The summed E-state index contributed by atoms with van der Waals surface area (Å²) in [6.45, 7) is 17.1. The lowest BCUT2D eigenvalue weighted by Crippen LogP contribution is -2.55. The van der Waals surface area contributed by atoms with Crippen molar-refractivity contribution in [2.45, 2.75) is 109 Å². The SMILES string of the molecule is COC(=O)c1cc(OCc2ccccc2)c2c(c1)N1C(OC(C)=O)[C@H]3[C@@H](C1[C@@]2(C=O)COCO[Si](C)(C)C(C)(C)C)N3C(=O)OC(C)(C)C. The first-order valence-electron chi connectivity index (χ1n) is 16.5. The highest BCUT2D eigenvalue weighted by molar-refractivity contribution is 6.74. The molecule has 12 nitrogen and oxygen atoms in total. The third-order valence-electron chi connectivity index (χ3n) is 9.85. The Hall–Kier alpha value is -3.94. The number of benzene rings is 2. The molecular weight excluding hydrogens is 648 g/mol. The molecule has 0 bridgehead atoms. The van der Waals surface area contributed by atoms with Crippen molar-refractivity contribution in [3.8, 4) is 5.75 Å². The first kappa shape index (κ1) is 36.3. The molecule has 1 amide bonds. The number of ether oxygens (including phenoxy) is 5. The fourth-order valence-corrected chi connectivity index (χ4v) is 7.35. The summed E-state index contributed by atoms with van der Waals surface area (Å²) >= 11 is 0. The fraction of sp³-hybridized carbons (Fsp3) is 0.556. The molecule has 3 aliphatic heterocycles. The maximum absolute atomic E-state index is 13.8. The molecule has 0 saturated carbocycles. The van der Waals surface area contributed by atoms with E-state index in [9.17, 15) is 19.2 Å². The highest BCUT2D eigenvalue weighted by Gasteiger charge is 2.77. The van der Waals surface area contributed by atoms with Crippen LogP contribution in [0.4, 0.5) is 10.5 Å². The second kappa shape index (κ2) is 13.1. The molecule has 0 aromatic heterocycles. The number of amides is 1. The van der Waals surface area contributed by atoms with Crippen molar-refractivity contribution in [1.29, 1.82) is 0 Å². The van der Waals surface area contributed by atoms with E-state index in [0.717, 1.165) is 11.8 Å². The van der Waals surface area contributed by atoms with Crippen LogP contribution in [-0.4, -0.2) is 88.0 Å². The Bertz CT molecular complexity index is 1600. The molecule has 3 aliphatic rings. The van der Waals surface area contributed by atoms with E-state index in [1.54, 1.807) is 37.8 Å². The van der Waals surface area contributed by atoms with Crippen LogP contribution in [0, 0.1) is 0 Å². The van der Waals surface area contributed by atoms with Gasteiger partial charge in [0, 0.05) is 18.2 Å². The number of nitrogens with zero attached hydrogens (tertiary/aromatic N) is 2. The fourth-order valence-electron chi connectivity index (χ4n) is 6.54. The highest BCUT2D eigenvalue weighted by Crippen LogP contribution is 2.61. The number of hydrogen-bond acceptors (Lipinski definition) is 11. The van der Waals surface area contributed by atoms with E-state index < -0.39 is 61.7 Å². The summed E-state index contributed by atoms with van der Waals surface area (Å²) < 4.78 is 35.7. The van der Waals surface area contributed by atoms with Gasteiger partial charge < -0.3 is 37.8 Å². The molecule has 2 saturated heterocycles. The Kier molecular flexibility index (Phi) is 9.69. The van der Waals surface area contributed by atoms with E-state index in [4.69, 9.17) is 28.1 Å². The van der Waals surface area contributed by atoms with Crippen LogP contribution < -0.4 is 9.64 Å². The van der Waals surface area contributed by atoms with Gasteiger partial charge in [-0.3, -0.25) is 9.69 Å². The van der Waals surface area contributed by atoms with E-state index in [1.165, 1.54) is 18.9 Å². The zero-order chi connectivity index (χ0) is 36.1. The maximum Gasteiger partial charge on any atom is 0.411 e. The molecule has 49 heavy (non-hydrogen) atoms. The number of aldehydes is 1. The predicted octanol–water partition coefficient (Wildman–Crippen LogP) is 5.56. The summed E-state index contributed by atoms with van der Waals surface area (Å²) in [5.74, 6) is -0.927. The molecule has 0 N–H and O–H groups in total. The molecule has 266 valence electrons. The molecule has 0 spiro atoms. The summed E-state index contributed by atoms with van der Waals surface area (Å²) in [5, 5.41) is -0.0734. The average Bonchev–Trinajstić information content (AvgIpc) is 3.57. The quantitative estimate of drug-likeness (QED) is 0.0557. The molecule has 2 aromatic carbocycles. The molecule has 0 radical (unpaired) electrons. The van der Waals surface area contributed by atoms with Gasteiger partial charge in [-0.2, -0.15) is 0 Å². The first-order valence-corrected chi connectivity index (χ1v) is 19.4. The third-order valence-corrected chi connectivity index (χ3v) is 14.3. The largest absolute Gasteiger partial charge is 0.488 e. The molecule has 2 aromatic rings. The van der Waals surface area contributed by atoms with Gasteiger partial charge in [-0.1, -0.05) is 51.1 Å². The molecule has 5 atom stereocenters. The molecular formula is C36H48N2O10Si. The lowest BCUT2D eigenvalue weighted by atomic mass is 9.76. The lowest BCUT2D eigenvalue weighted by Gasteiger charge is -2.38. The lowest BCUT2D eigenvalue weighted by molar-refractivity contribution is -0.146. The van der Waals surface area contributed by atoms with Gasteiger partial charge in [-0.05, 0) is 56.6 Å². The number of carbonyl (C=O) groups excluding carboxylic acids is 4. The topological polar surface area (TPSA) is 130 Å². The maximum atomic E-state index is 13.8. The van der Waals surface area contributed by atoms with E-state index in [2.05, 4.69) is 33.9 Å². The zero-order valence-corrected chi connectivity index (χ0v) is 31.0. The van der Waals surface area contributed by atoms with Crippen LogP contribution >= 0.6 is 0 Å². The van der Waals surface area contributed by atoms with Crippen LogP contribution in [0.3, 0.4) is 0 Å². The predicted molar refractivity (Wildman–Crippen MR) is 183 cm³/mol. The normalized spacial score (nSPS) is 24.0. The van der Waals surface area contributed by atoms with Crippen LogP contribution in [0.5, 0.6) is 5.75 Å². The minimum absolute atomic E-state index is 0.0637. The minimum Gasteiger partial charge on any atom is -0.488 e. The number of carbonyl (C=O) groups is 4. The van der Waals surface area contributed by atoms with Gasteiger partial charge in [0.2, 0.25) is 0 Å². The summed E-state index contributed by atoms with van der Waals surface area (Å²) in [5.41, 5.74) is -0.289. The second-order valence-corrected chi connectivity index (χ2v) is 20.2. The van der Waals surface area contributed by atoms with E-state index in [0.29, 0.717) is 11.3 Å². The van der Waals surface area contributed by atoms with Crippen molar-refractivity contribution < 1.29 is 47.3 Å². The number of methoxy groups -OCH3 is 1. The summed E-state index contributed by atoms with van der Waals surface area (Å²) in [6, 6.07) is 10.7. The Balaban J connectivity index is 1.64. The van der Waals surface area contributed by atoms with Crippen molar-refractivity contribution in [3.63, 3.8) is 0 Å². The summed E-state index contributed by atoms with van der Waals surface area (Å²) in [6.07, 6.45) is -0.763. The van der Waals surface area contributed by atoms with Crippen LogP contribution in [0.2, 0.25) is 18.1 Å². The number of rotatable bonds is 11. The molecule has 5 rings (SSSR count). The Morgan fingerprint density at radius 3 is 2.24 bits per heavy atom. The van der Waals surface area contributed by atoms with E-state index >= 15 is 0 Å². The second-order valence-electron chi connectivity index (χ2n) is 15.4. The van der Waals surface area contributed by atoms with Gasteiger partial charge in [-0.15, -0.1) is 0 Å². The van der Waals surface area contributed by atoms with Crippen LogP contribution in [0.1, 0.15) is 70.0 Å². The van der Waals surface area contributed by atoms with Gasteiger partial charge in [0.05, 0.1) is 31.4 Å². The summed E-state index contributed by atoms with van der Waals surface area (Å²) in [7, 11) is -0.932. The third kappa shape index (κ3) is 6.80. The molecule has 0 aliphatic carbocycles. The Labute approximate surface area is 289 Å². The van der Waals surface area contributed by atoms with Gasteiger partial charge in [0.1, 0.15) is 42.5 Å². The number of hydrogen-bond donors (Lipinski definition) is 0. The van der Waals surface area contributed by atoms with Crippen molar-refractivity contribution in [3.05, 3.63) is 59.2 Å². The van der Waals surface area contributed by atoms with Crippen molar-refractivity contribution in [2.75, 3.05) is 25.4 Å². The minimum atomic E-state index is -2.21. The van der Waals surface area contributed by atoms with E-state index in [-0.39, 0.29) is 36.4 Å². The van der Waals surface area contributed by atoms with Crippen LogP contribution in [0.15, 0.2) is 42.5 Å². The molecule has 2 fully saturated rings. The van der Waals surface area contributed by atoms with Crippen molar-refractivity contribution in [2.24, 2.45) is 0 Å². The number of anilines is 1. The van der Waals surface area contributed by atoms with Gasteiger partial charge in [0.25, 0.3) is 0 Å².